The highest BCUT2D eigenvalue weighted by atomic mass is 32.1. The van der Waals surface area contributed by atoms with Crippen molar-refractivity contribution in [1.29, 1.82) is 0 Å². The number of rotatable bonds is 6. The molecule has 0 N–H and O–H groups in total. The van der Waals surface area contributed by atoms with Crippen molar-refractivity contribution in [2.24, 2.45) is 0 Å². The van der Waals surface area contributed by atoms with Gasteiger partial charge in [-0.15, -0.1) is 11.3 Å². The van der Waals surface area contributed by atoms with Crippen molar-refractivity contribution in [2.45, 2.75) is 18.9 Å². The Labute approximate surface area is 193 Å². The zero-order chi connectivity index (χ0) is 22.5. The van der Waals surface area contributed by atoms with Gasteiger partial charge in [-0.05, 0) is 57.2 Å². The third-order valence-corrected chi connectivity index (χ3v) is 7.19. The Hall–Kier alpha value is -2.49. The number of ether oxygens (including phenoxy) is 1. The van der Waals surface area contributed by atoms with Crippen LogP contribution >= 0.6 is 11.3 Å². The Balaban J connectivity index is 1.38. The van der Waals surface area contributed by atoms with E-state index in [-0.39, 0.29) is 18.4 Å². The summed E-state index contributed by atoms with van der Waals surface area (Å²) in [5.74, 6) is 0.409. The summed E-state index contributed by atoms with van der Waals surface area (Å²) in [5.41, 5.74) is 0.501. The lowest BCUT2D eigenvalue weighted by Gasteiger charge is -2.42. The number of piperazine rings is 1. The molecule has 2 aliphatic rings. The number of hydrogen-bond donors (Lipinski definition) is 0. The number of methoxy groups -OCH3 is 1. The number of hydrogen-bond acceptors (Lipinski definition) is 7. The molecule has 0 bridgehead atoms. The molecule has 1 aromatic heterocycles. The highest BCUT2D eigenvalue weighted by molar-refractivity contribution is 7.13. The van der Waals surface area contributed by atoms with E-state index in [2.05, 4.69) is 21.8 Å². The summed E-state index contributed by atoms with van der Waals surface area (Å²) in [7, 11) is 3.76. The highest BCUT2D eigenvalue weighted by Gasteiger charge is 2.30. The van der Waals surface area contributed by atoms with E-state index in [1.54, 1.807) is 37.6 Å². The van der Waals surface area contributed by atoms with Crippen molar-refractivity contribution in [3.05, 3.63) is 41.4 Å². The van der Waals surface area contributed by atoms with E-state index in [0.29, 0.717) is 35.6 Å². The van der Waals surface area contributed by atoms with Crippen LogP contribution in [-0.2, 0) is 4.79 Å². The zero-order valence-electron chi connectivity index (χ0n) is 18.8. The third-order valence-electron chi connectivity index (χ3n) is 6.40. The van der Waals surface area contributed by atoms with E-state index in [9.17, 15) is 9.59 Å². The van der Waals surface area contributed by atoms with Gasteiger partial charge in [-0.2, -0.15) is 0 Å². The predicted molar refractivity (Wildman–Crippen MR) is 125 cm³/mol. The van der Waals surface area contributed by atoms with E-state index in [4.69, 9.17) is 4.74 Å². The molecule has 4 rings (SSSR count). The van der Waals surface area contributed by atoms with Crippen molar-refractivity contribution in [1.82, 2.24) is 19.7 Å². The van der Waals surface area contributed by atoms with Crippen molar-refractivity contribution in [3.8, 4) is 5.75 Å². The van der Waals surface area contributed by atoms with E-state index >= 15 is 0 Å². The van der Waals surface area contributed by atoms with Crippen LogP contribution in [-0.4, -0.2) is 97.5 Å². The first-order valence-electron chi connectivity index (χ1n) is 11.1. The first kappa shape index (κ1) is 22.7. The van der Waals surface area contributed by atoms with Crippen molar-refractivity contribution in [3.63, 3.8) is 0 Å². The van der Waals surface area contributed by atoms with Crippen LogP contribution in [0.4, 0.5) is 5.13 Å². The second-order valence-electron chi connectivity index (χ2n) is 8.39. The lowest BCUT2D eigenvalue weighted by molar-refractivity contribution is -0.131. The number of piperidine rings is 1. The van der Waals surface area contributed by atoms with Gasteiger partial charge < -0.3 is 14.5 Å². The number of aromatic nitrogens is 1. The topological polar surface area (TPSA) is 69.2 Å². The number of nitrogens with zero attached hydrogens (tertiary/aromatic N) is 5. The summed E-state index contributed by atoms with van der Waals surface area (Å²) in [6, 6.07) is 7.54. The molecule has 1 aromatic carbocycles. The number of likely N-dealkylation sites (tertiary alicyclic amines) is 1. The maximum absolute atomic E-state index is 13.2. The molecule has 2 fully saturated rings. The second-order valence-corrected chi connectivity index (χ2v) is 9.26. The van der Waals surface area contributed by atoms with Crippen molar-refractivity contribution < 1.29 is 14.3 Å². The number of thiazole rings is 1. The van der Waals surface area contributed by atoms with Crippen LogP contribution in [0, 0.1) is 0 Å². The summed E-state index contributed by atoms with van der Waals surface area (Å²) >= 11 is 1.36. The van der Waals surface area contributed by atoms with E-state index in [1.165, 1.54) is 29.1 Å². The normalized spacial score (nSPS) is 18.5. The monoisotopic (exact) mass is 457 g/mol. The van der Waals surface area contributed by atoms with Gasteiger partial charge in [0.1, 0.15) is 12.3 Å². The maximum atomic E-state index is 13.2. The maximum Gasteiger partial charge on any atom is 0.260 e. The van der Waals surface area contributed by atoms with Gasteiger partial charge in [-0.25, -0.2) is 4.98 Å². The van der Waals surface area contributed by atoms with Gasteiger partial charge in [0, 0.05) is 49.4 Å². The largest absolute Gasteiger partial charge is 0.497 e. The minimum Gasteiger partial charge on any atom is -0.497 e. The lowest BCUT2D eigenvalue weighted by atomic mass is 10.0. The Bertz CT molecular complexity index is 889. The van der Waals surface area contributed by atoms with Gasteiger partial charge in [0.05, 0.1) is 7.11 Å². The van der Waals surface area contributed by atoms with Gasteiger partial charge in [0.25, 0.3) is 5.91 Å². The minimum absolute atomic E-state index is 0.00734. The van der Waals surface area contributed by atoms with Crippen molar-refractivity contribution in [2.75, 3.05) is 64.9 Å². The van der Waals surface area contributed by atoms with Crippen LogP contribution in [0.1, 0.15) is 23.2 Å². The van der Waals surface area contributed by atoms with Crippen molar-refractivity contribution >= 4 is 28.3 Å². The lowest BCUT2D eigenvalue weighted by Crippen LogP contribution is -2.55. The second kappa shape index (κ2) is 10.4. The quantitative estimate of drug-likeness (QED) is 0.661. The van der Waals surface area contributed by atoms with Gasteiger partial charge in [-0.3, -0.25) is 19.4 Å². The number of carbonyl (C=O) groups excluding carboxylic acids is 2. The predicted octanol–water partition coefficient (Wildman–Crippen LogP) is 2.04. The van der Waals surface area contributed by atoms with E-state index < -0.39 is 0 Å². The first-order chi connectivity index (χ1) is 15.5. The molecule has 0 spiro atoms. The molecular formula is C23H31N5O3S. The summed E-state index contributed by atoms with van der Waals surface area (Å²) in [6.07, 6.45) is 4.04. The highest BCUT2D eigenvalue weighted by Crippen LogP contribution is 2.22. The smallest absolute Gasteiger partial charge is 0.260 e. The van der Waals surface area contributed by atoms with Gasteiger partial charge >= 0.3 is 0 Å². The van der Waals surface area contributed by atoms with E-state index in [1.807, 2.05) is 10.3 Å². The van der Waals surface area contributed by atoms with Gasteiger partial charge in [0.15, 0.2) is 5.13 Å². The van der Waals surface area contributed by atoms with Crippen LogP contribution in [0.15, 0.2) is 35.8 Å². The SMILES string of the molecule is COc1ccc(C(=O)N(CC(=O)N2CCN(C3CCN(C)CC3)CC2)c2nccs2)cc1. The molecule has 172 valence electrons. The van der Waals surface area contributed by atoms with Crippen LogP contribution in [0.5, 0.6) is 5.75 Å². The minimum atomic E-state index is -0.235. The van der Waals surface area contributed by atoms with Gasteiger partial charge in [-0.1, -0.05) is 0 Å². The van der Waals surface area contributed by atoms with Crippen LogP contribution in [0.3, 0.4) is 0 Å². The van der Waals surface area contributed by atoms with Gasteiger partial charge in [0.2, 0.25) is 5.91 Å². The molecule has 32 heavy (non-hydrogen) atoms. The number of carbonyl (C=O) groups is 2. The fourth-order valence-electron chi connectivity index (χ4n) is 4.40. The molecule has 0 aliphatic carbocycles. The first-order valence-corrected chi connectivity index (χ1v) is 12.0. The Kier molecular flexibility index (Phi) is 7.39. The molecule has 2 saturated heterocycles. The number of benzene rings is 1. The zero-order valence-corrected chi connectivity index (χ0v) is 19.6. The summed E-state index contributed by atoms with van der Waals surface area (Å²) in [5, 5.41) is 2.35. The molecule has 2 aliphatic heterocycles. The average Bonchev–Trinajstić information content (AvgIpc) is 3.37. The average molecular weight is 458 g/mol. The Morgan fingerprint density at radius 2 is 1.78 bits per heavy atom. The Morgan fingerprint density at radius 3 is 2.38 bits per heavy atom. The summed E-state index contributed by atoms with van der Waals surface area (Å²) in [4.78, 5) is 38.9. The molecule has 8 nitrogen and oxygen atoms in total. The summed E-state index contributed by atoms with van der Waals surface area (Å²) < 4.78 is 5.18. The van der Waals surface area contributed by atoms with Crippen LogP contribution < -0.4 is 9.64 Å². The number of anilines is 1. The fraction of sp³-hybridized carbons (Fsp3) is 0.522. The molecule has 2 amide bonds. The molecule has 0 unspecified atom stereocenters. The standard InChI is InChI=1S/C23H31N5O3S/c1-25-10-7-19(8-11-25)26-12-14-27(15-13-26)21(29)17-28(23-24-9-16-32-23)22(30)18-3-5-20(31-2)6-4-18/h3-6,9,16,19H,7-8,10-15,17H2,1-2H3. The number of amides is 2. The van der Waals surface area contributed by atoms with Crippen LogP contribution in [0.2, 0.25) is 0 Å². The molecule has 9 heteroatoms. The summed E-state index contributed by atoms with van der Waals surface area (Å²) in [6.45, 7) is 5.46. The molecular weight excluding hydrogens is 426 g/mol. The molecule has 0 saturated carbocycles. The Morgan fingerprint density at radius 1 is 1.09 bits per heavy atom. The van der Waals surface area contributed by atoms with E-state index in [0.717, 1.165) is 26.2 Å². The molecule has 0 radical (unpaired) electrons. The third kappa shape index (κ3) is 5.28. The molecule has 2 aromatic rings. The fourth-order valence-corrected chi connectivity index (χ4v) is 5.04. The molecule has 3 heterocycles. The van der Waals surface area contributed by atoms with Crippen LogP contribution in [0.25, 0.3) is 0 Å². The molecule has 0 atom stereocenters.